The summed E-state index contributed by atoms with van der Waals surface area (Å²) in [4.78, 5) is 0. The van der Waals surface area contributed by atoms with Crippen LogP contribution in [0.15, 0.2) is 54.6 Å². The van der Waals surface area contributed by atoms with Gasteiger partial charge in [0.2, 0.25) is 0 Å². The Morgan fingerprint density at radius 3 is 2.52 bits per heavy atom. The molecule has 0 radical (unpaired) electrons. The van der Waals surface area contributed by atoms with E-state index in [1.165, 1.54) is 5.56 Å². The zero-order valence-corrected chi connectivity index (χ0v) is 12.6. The van der Waals surface area contributed by atoms with Crippen molar-refractivity contribution in [2.75, 3.05) is 13.7 Å². The highest BCUT2D eigenvalue weighted by molar-refractivity contribution is 5.30. The van der Waals surface area contributed by atoms with Crippen LogP contribution in [0.3, 0.4) is 0 Å². The molecule has 0 saturated heterocycles. The van der Waals surface area contributed by atoms with E-state index in [1.54, 1.807) is 7.11 Å². The van der Waals surface area contributed by atoms with Crippen molar-refractivity contribution in [1.82, 2.24) is 5.32 Å². The largest absolute Gasteiger partial charge is 0.497 e. The van der Waals surface area contributed by atoms with E-state index >= 15 is 0 Å². The summed E-state index contributed by atoms with van der Waals surface area (Å²) >= 11 is 0. The number of rotatable bonds is 7. The number of ether oxygens (including phenoxy) is 1. The zero-order valence-electron chi connectivity index (χ0n) is 12.6. The number of aliphatic hydroxyl groups excluding tert-OH is 1. The summed E-state index contributed by atoms with van der Waals surface area (Å²) < 4.78 is 5.25. The molecule has 2 unspecified atom stereocenters. The van der Waals surface area contributed by atoms with Crippen molar-refractivity contribution in [1.29, 1.82) is 0 Å². The van der Waals surface area contributed by atoms with Gasteiger partial charge in [-0.3, -0.25) is 0 Å². The average Bonchev–Trinajstić information content (AvgIpc) is 2.55. The van der Waals surface area contributed by atoms with Gasteiger partial charge in [-0.2, -0.15) is 0 Å². The molecule has 0 aliphatic carbocycles. The summed E-state index contributed by atoms with van der Waals surface area (Å²) in [7, 11) is 1.67. The van der Waals surface area contributed by atoms with E-state index in [9.17, 15) is 5.11 Å². The first-order valence-corrected chi connectivity index (χ1v) is 7.27. The highest BCUT2D eigenvalue weighted by atomic mass is 16.5. The molecule has 2 atom stereocenters. The third kappa shape index (κ3) is 4.59. The molecule has 0 fully saturated rings. The maximum atomic E-state index is 9.60. The van der Waals surface area contributed by atoms with E-state index in [0.29, 0.717) is 0 Å². The molecule has 0 aliphatic heterocycles. The lowest BCUT2D eigenvalue weighted by Gasteiger charge is -2.22. The minimum atomic E-state index is 0.0357. The minimum Gasteiger partial charge on any atom is -0.497 e. The van der Waals surface area contributed by atoms with Crippen LogP contribution in [0.5, 0.6) is 5.75 Å². The van der Waals surface area contributed by atoms with Crippen LogP contribution in [-0.4, -0.2) is 24.9 Å². The van der Waals surface area contributed by atoms with Crippen LogP contribution in [0, 0.1) is 0 Å². The zero-order chi connectivity index (χ0) is 15.1. The van der Waals surface area contributed by atoms with Crippen LogP contribution in [0.2, 0.25) is 0 Å². The molecule has 0 amide bonds. The number of hydrogen-bond donors (Lipinski definition) is 2. The molecule has 21 heavy (non-hydrogen) atoms. The Hall–Kier alpha value is -1.84. The van der Waals surface area contributed by atoms with Gasteiger partial charge in [0.1, 0.15) is 5.75 Å². The Kier molecular flexibility index (Phi) is 5.78. The molecule has 0 aromatic heterocycles. The normalized spacial score (nSPS) is 13.7. The van der Waals surface area contributed by atoms with E-state index in [-0.39, 0.29) is 18.7 Å². The first-order valence-electron chi connectivity index (χ1n) is 7.27. The quantitative estimate of drug-likeness (QED) is 0.822. The standard InChI is InChI=1S/C18H23NO2/c1-14(16-9-6-10-18(12-16)21-2)19-17(13-20)11-15-7-4-3-5-8-15/h3-10,12,14,17,19-20H,11,13H2,1-2H3. The summed E-state index contributed by atoms with van der Waals surface area (Å²) in [6.45, 7) is 2.21. The van der Waals surface area contributed by atoms with E-state index in [1.807, 2.05) is 36.4 Å². The fourth-order valence-corrected chi connectivity index (χ4v) is 2.44. The number of benzene rings is 2. The highest BCUT2D eigenvalue weighted by Crippen LogP contribution is 2.19. The summed E-state index contributed by atoms with van der Waals surface area (Å²) in [6, 6.07) is 18.4. The molecule has 2 aromatic rings. The number of aliphatic hydroxyl groups is 1. The van der Waals surface area contributed by atoms with Crippen LogP contribution in [-0.2, 0) is 6.42 Å². The van der Waals surface area contributed by atoms with Crippen LogP contribution in [0.4, 0.5) is 0 Å². The van der Waals surface area contributed by atoms with E-state index in [0.717, 1.165) is 17.7 Å². The maximum Gasteiger partial charge on any atom is 0.119 e. The van der Waals surface area contributed by atoms with Crippen LogP contribution in [0.25, 0.3) is 0 Å². The molecule has 2 N–H and O–H groups in total. The molecule has 0 aliphatic rings. The fraction of sp³-hybridized carbons (Fsp3) is 0.333. The van der Waals surface area contributed by atoms with Gasteiger partial charge in [-0.25, -0.2) is 0 Å². The van der Waals surface area contributed by atoms with E-state index in [4.69, 9.17) is 4.74 Å². The van der Waals surface area contributed by atoms with Gasteiger partial charge in [0.15, 0.2) is 0 Å². The first-order chi connectivity index (χ1) is 10.2. The van der Waals surface area contributed by atoms with Gasteiger partial charge in [-0.1, -0.05) is 42.5 Å². The van der Waals surface area contributed by atoms with E-state index in [2.05, 4.69) is 30.4 Å². The van der Waals surface area contributed by atoms with Crippen molar-refractivity contribution in [3.8, 4) is 5.75 Å². The van der Waals surface area contributed by atoms with E-state index < -0.39 is 0 Å². The van der Waals surface area contributed by atoms with Gasteiger partial charge in [-0.15, -0.1) is 0 Å². The topological polar surface area (TPSA) is 41.5 Å². The summed E-state index contributed by atoms with van der Waals surface area (Å²) in [5.41, 5.74) is 2.38. The van der Waals surface area contributed by atoms with Gasteiger partial charge in [-0.05, 0) is 36.6 Å². The van der Waals surface area contributed by atoms with Gasteiger partial charge < -0.3 is 15.2 Å². The first kappa shape index (κ1) is 15.5. The number of hydrogen-bond acceptors (Lipinski definition) is 3. The predicted octanol–water partition coefficient (Wildman–Crippen LogP) is 2.95. The molecule has 0 saturated carbocycles. The van der Waals surface area contributed by atoms with Crippen molar-refractivity contribution in [3.05, 3.63) is 65.7 Å². The average molecular weight is 285 g/mol. The van der Waals surface area contributed by atoms with Gasteiger partial charge in [0, 0.05) is 12.1 Å². The lowest BCUT2D eigenvalue weighted by Crippen LogP contribution is -2.36. The maximum absolute atomic E-state index is 9.60. The third-order valence-corrected chi connectivity index (χ3v) is 3.62. The Morgan fingerprint density at radius 1 is 1.10 bits per heavy atom. The van der Waals surface area contributed by atoms with Crippen molar-refractivity contribution >= 4 is 0 Å². The number of nitrogens with one attached hydrogen (secondary N) is 1. The Labute approximate surface area is 126 Å². The minimum absolute atomic E-state index is 0.0357. The number of methoxy groups -OCH3 is 1. The Balaban J connectivity index is 2.00. The second kappa shape index (κ2) is 7.81. The van der Waals surface area contributed by atoms with Crippen LogP contribution < -0.4 is 10.1 Å². The molecule has 3 heteroatoms. The molecule has 0 spiro atoms. The van der Waals surface area contributed by atoms with Crippen molar-refractivity contribution < 1.29 is 9.84 Å². The Bertz CT molecular complexity index is 542. The molecule has 3 nitrogen and oxygen atoms in total. The third-order valence-electron chi connectivity index (χ3n) is 3.62. The molecule has 2 aromatic carbocycles. The SMILES string of the molecule is COc1cccc(C(C)NC(CO)Cc2ccccc2)c1. The molecular formula is C18H23NO2. The lowest BCUT2D eigenvalue weighted by atomic mass is 10.0. The molecule has 112 valence electrons. The fourth-order valence-electron chi connectivity index (χ4n) is 2.44. The predicted molar refractivity (Wildman–Crippen MR) is 85.6 cm³/mol. The second-order valence-corrected chi connectivity index (χ2v) is 5.23. The monoisotopic (exact) mass is 285 g/mol. The highest BCUT2D eigenvalue weighted by Gasteiger charge is 2.13. The van der Waals surface area contributed by atoms with Gasteiger partial charge in [0.05, 0.1) is 13.7 Å². The molecular weight excluding hydrogens is 262 g/mol. The smallest absolute Gasteiger partial charge is 0.119 e. The van der Waals surface area contributed by atoms with Crippen molar-refractivity contribution in [2.45, 2.75) is 25.4 Å². The second-order valence-electron chi connectivity index (χ2n) is 5.23. The van der Waals surface area contributed by atoms with Crippen LogP contribution >= 0.6 is 0 Å². The summed E-state index contributed by atoms with van der Waals surface area (Å²) in [5, 5.41) is 13.1. The van der Waals surface area contributed by atoms with Crippen LogP contribution in [0.1, 0.15) is 24.1 Å². The summed E-state index contributed by atoms with van der Waals surface area (Å²) in [6.07, 6.45) is 0.811. The Morgan fingerprint density at radius 2 is 1.86 bits per heavy atom. The molecule has 0 heterocycles. The summed E-state index contributed by atoms with van der Waals surface area (Å²) in [5.74, 6) is 0.852. The molecule has 0 bridgehead atoms. The lowest BCUT2D eigenvalue weighted by molar-refractivity contribution is 0.232. The van der Waals surface area contributed by atoms with Gasteiger partial charge >= 0.3 is 0 Å². The van der Waals surface area contributed by atoms with Gasteiger partial charge in [0.25, 0.3) is 0 Å². The molecule has 2 rings (SSSR count). The van der Waals surface area contributed by atoms with Crippen molar-refractivity contribution in [3.63, 3.8) is 0 Å². The van der Waals surface area contributed by atoms with Crippen molar-refractivity contribution in [2.24, 2.45) is 0 Å².